The van der Waals surface area contributed by atoms with Crippen molar-refractivity contribution < 1.29 is 9.90 Å². The largest absolute Gasteiger partial charge is 0.478 e. The lowest BCUT2D eigenvalue weighted by Gasteiger charge is -2.39. The minimum atomic E-state index is -0.862. The second-order valence-electron chi connectivity index (χ2n) is 6.89. The molecule has 0 radical (unpaired) electrons. The first-order valence-corrected chi connectivity index (χ1v) is 8.03. The van der Waals surface area contributed by atoms with Gasteiger partial charge in [0, 0.05) is 11.7 Å². The van der Waals surface area contributed by atoms with E-state index >= 15 is 0 Å². The van der Waals surface area contributed by atoms with Gasteiger partial charge in [0.15, 0.2) is 0 Å². The smallest absolute Gasteiger partial charge is 0.337 e. The summed E-state index contributed by atoms with van der Waals surface area (Å²) < 4.78 is 0. The van der Waals surface area contributed by atoms with Crippen molar-refractivity contribution in [2.45, 2.75) is 58.9 Å². The summed E-state index contributed by atoms with van der Waals surface area (Å²) in [7, 11) is 0. The van der Waals surface area contributed by atoms with Crippen LogP contribution < -0.4 is 5.32 Å². The molecular weight excluding hydrogens is 262 g/mol. The number of carbonyl (C=O) groups is 1. The lowest BCUT2D eigenvalue weighted by molar-refractivity contribution is 0.0698. The molecule has 0 bridgehead atoms. The molecule has 1 aromatic rings. The van der Waals surface area contributed by atoms with Gasteiger partial charge in [0.1, 0.15) is 0 Å². The minimum Gasteiger partial charge on any atom is -0.478 e. The molecule has 0 aliphatic heterocycles. The standard InChI is InChI=1S/C18H27NO2/c1-4-18(2,3)13-9-11-14(12-10-13)19-16-8-6-5-7-15(16)17(20)21/h5-8,13-14,19H,4,9-12H2,1-3H3,(H,20,21). The van der Waals surface area contributed by atoms with E-state index in [-0.39, 0.29) is 0 Å². The zero-order valence-electron chi connectivity index (χ0n) is 13.4. The van der Waals surface area contributed by atoms with Crippen LogP contribution in [0.4, 0.5) is 5.69 Å². The third kappa shape index (κ3) is 3.78. The lowest BCUT2D eigenvalue weighted by atomic mass is 9.69. The molecule has 1 fully saturated rings. The molecule has 1 aliphatic carbocycles. The first-order chi connectivity index (χ1) is 9.94. The van der Waals surface area contributed by atoms with Crippen molar-refractivity contribution in [3.8, 4) is 0 Å². The fourth-order valence-electron chi connectivity index (χ4n) is 3.32. The van der Waals surface area contributed by atoms with E-state index in [1.165, 1.54) is 19.3 Å². The number of hydrogen-bond donors (Lipinski definition) is 2. The van der Waals surface area contributed by atoms with Crippen LogP contribution in [-0.2, 0) is 0 Å². The van der Waals surface area contributed by atoms with Crippen LogP contribution in [0, 0.1) is 11.3 Å². The number of hydrogen-bond acceptors (Lipinski definition) is 2. The molecular formula is C18H27NO2. The second-order valence-corrected chi connectivity index (χ2v) is 6.89. The van der Waals surface area contributed by atoms with Gasteiger partial charge in [-0.05, 0) is 49.1 Å². The minimum absolute atomic E-state index is 0.369. The predicted molar refractivity (Wildman–Crippen MR) is 86.8 cm³/mol. The Labute approximate surface area is 127 Å². The van der Waals surface area contributed by atoms with Crippen molar-refractivity contribution >= 4 is 11.7 Å². The number of nitrogens with one attached hydrogen (secondary N) is 1. The molecule has 0 saturated heterocycles. The van der Waals surface area contributed by atoms with Crippen LogP contribution in [0.5, 0.6) is 0 Å². The Bertz CT molecular complexity index is 488. The molecule has 0 aromatic heterocycles. The van der Waals surface area contributed by atoms with Crippen molar-refractivity contribution in [1.29, 1.82) is 0 Å². The lowest BCUT2D eigenvalue weighted by Crippen LogP contribution is -2.33. The van der Waals surface area contributed by atoms with Gasteiger partial charge in [-0.2, -0.15) is 0 Å². The molecule has 0 spiro atoms. The van der Waals surface area contributed by atoms with Crippen molar-refractivity contribution in [2.24, 2.45) is 11.3 Å². The van der Waals surface area contributed by atoms with Crippen molar-refractivity contribution in [1.82, 2.24) is 0 Å². The number of carboxylic acids is 1. The Morgan fingerprint density at radius 2 is 1.86 bits per heavy atom. The van der Waals surface area contributed by atoms with Crippen LogP contribution >= 0.6 is 0 Å². The van der Waals surface area contributed by atoms with Gasteiger partial charge in [0.25, 0.3) is 0 Å². The summed E-state index contributed by atoms with van der Waals surface area (Å²) in [6.45, 7) is 7.00. The molecule has 116 valence electrons. The van der Waals surface area contributed by atoms with E-state index in [0.29, 0.717) is 17.0 Å². The highest BCUT2D eigenvalue weighted by molar-refractivity contribution is 5.94. The zero-order valence-corrected chi connectivity index (χ0v) is 13.4. The number of carboxylic acid groups (broad SMARTS) is 1. The number of benzene rings is 1. The van der Waals surface area contributed by atoms with Crippen LogP contribution in [0.15, 0.2) is 24.3 Å². The van der Waals surface area contributed by atoms with Gasteiger partial charge in [0.05, 0.1) is 5.56 Å². The summed E-state index contributed by atoms with van der Waals surface area (Å²) in [4.78, 5) is 11.2. The second kappa shape index (κ2) is 6.50. The Balaban J connectivity index is 1.97. The van der Waals surface area contributed by atoms with Crippen LogP contribution in [0.1, 0.15) is 63.2 Å². The van der Waals surface area contributed by atoms with Gasteiger partial charge < -0.3 is 10.4 Å². The Kier molecular flexibility index (Phi) is 4.92. The Hall–Kier alpha value is -1.51. The predicted octanol–water partition coefficient (Wildman–Crippen LogP) is 4.79. The third-order valence-corrected chi connectivity index (χ3v) is 5.26. The van der Waals surface area contributed by atoms with Gasteiger partial charge in [-0.25, -0.2) is 4.79 Å². The van der Waals surface area contributed by atoms with Crippen molar-refractivity contribution in [2.75, 3.05) is 5.32 Å². The highest BCUT2D eigenvalue weighted by Gasteiger charge is 2.31. The van der Waals surface area contributed by atoms with Gasteiger partial charge >= 0.3 is 5.97 Å². The van der Waals surface area contributed by atoms with Gasteiger partial charge in [0.2, 0.25) is 0 Å². The zero-order chi connectivity index (χ0) is 15.5. The van der Waals surface area contributed by atoms with Crippen LogP contribution in [0.25, 0.3) is 0 Å². The van der Waals surface area contributed by atoms with Gasteiger partial charge in [-0.3, -0.25) is 0 Å². The molecule has 0 atom stereocenters. The van der Waals surface area contributed by atoms with E-state index in [1.54, 1.807) is 12.1 Å². The SMILES string of the molecule is CCC(C)(C)C1CCC(Nc2ccccc2C(=O)O)CC1. The maximum absolute atomic E-state index is 11.2. The monoisotopic (exact) mass is 289 g/mol. The maximum atomic E-state index is 11.2. The normalized spacial score (nSPS) is 22.8. The van der Waals surface area contributed by atoms with Crippen LogP contribution in [0.2, 0.25) is 0 Å². The molecule has 0 unspecified atom stereocenters. The summed E-state index contributed by atoms with van der Waals surface area (Å²) in [6.07, 6.45) is 5.93. The van der Waals surface area contributed by atoms with E-state index in [1.807, 2.05) is 12.1 Å². The molecule has 2 N–H and O–H groups in total. The molecule has 1 aliphatic rings. The summed E-state index contributed by atoms with van der Waals surface area (Å²) >= 11 is 0. The number of aromatic carboxylic acids is 1. The fourth-order valence-corrected chi connectivity index (χ4v) is 3.32. The van der Waals surface area contributed by atoms with Crippen molar-refractivity contribution in [3.63, 3.8) is 0 Å². The summed E-state index contributed by atoms with van der Waals surface area (Å²) in [6, 6.07) is 7.59. The van der Waals surface area contributed by atoms with Crippen molar-refractivity contribution in [3.05, 3.63) is 29.8 Å². The van der Waals surface area contributed by atoms with E-state index in [2.05, 4.69) is 26.1 Å². The third-order valence-electron chi connectivity index (χ3n) is 5.26. The average molecular weight is 289 g/mol. The fraction of sp³-hybridized carbons (Fsp3) is 0.611. The first-order valence-electron chi connectivity index (χ1n) is 8.03. The highest BCUT2D eigenvalue weighted by Crippen LogP contribution is 2.41. The number of anilines is 1. The molecule has 0 heterocycles. The summed E-state index contributed by atoms with van der Waals surface area (Å²) in [5, 5.41) is 12.7. The van der Waals surface area contributed by atoms with E-state index in [0.717, 1.165) is 24.4 Å². The topological polar surface area (TPSA) is 49.3 Å². The average Bonchev–Trinajstić information content (AvgIpc) is 2.48. The van der Waals surface area contributed by atoms with Crippen LogP contribution in [-0.4, -0.2) is 17.1 Å². The number of para-hydroxylation sites is 1. The van der Waals surface area contributed by atoms with E-state index in [4.69, 9.17) is 0 Å². The highest BCUT2D eigenvalue weighted by atomic mass is 16.4. The first kappa shape index (κ1) is 15.9. The molecule has 1 aromatic carbocycles. The van der Waals surface area contributed by atoms with E-state index < -0.39 is 5.97 Å². The van der Waals surface area contributed by atoms with Gasteiger partial charge in [-0.15, -0.1) is 0 Å². The van der Waals surface area contributed by atoms with Crippen LogP contribution in [0.3, 0.4) is 0 Å². The Morgan fingerprint density at radius 1 is 1.24 bits per heavy atom. The summed E-state index contributed by atoms with van der Waals surface area (Å²) in [5.74, 6) is -0.0748. The molecule has 0 amide bonds. The molecule has 3 heteroatoms. The molecule has 21 heavy (non-hydrogen) atoms. The molecule has 3 nitrogen and oxygen atoms in total. The maximum Gasteiger partial charge on any atom is 0.337 e. The van der Waals surface area contributed by atoms with E-state index in [9.17, 15) is 9.90 Å². The molecule has 2 rings (SSSR count). The number of rotatable bonds is 5. The quantitative estimate of drug-likeness (QED) is 0.819. The Morgan fingerprint density at radius 3 is 2.43 bits per heavy atom. The molecule has 1 saturated carbocycles. The summed E-state index contributed by atoms with van der Waals surface area (Å²) in [5.41, 5.74) is 1.54. The van der Waals surface area contributed by atoms with Gasteiger partial charge in [-0.1, -0.05) is 39.3 Å².